The van der Waals surface area contributed by atoms with Gasteiger partial charge in [0.25, 0.3) is 0 Å². The first kappa shape index (κ1) is 13.4. The monoisotopic (exact) mass is 238 g/mol. The lowest BCUT2D eigenvalue weighted by molar-refractivity contribution is 0.0639. The SMILES string of the molecule is CCC1CCC(N2CCC(C)C(CN)C2)CC1. The van der Waals surface area contributed by atoms with Gasteiger partial charge < -0.3 is 10.6 Å². The van der Waals surface area contributed by atoms with Crippen LogP contribution < -0.4 is 5.73 Å². The minimum atomic E-state index is 0.743. The molecule has 17 heavy (non-hydrogen) atoms. The Hall–Kier alpha value is -0.0800. The minimum absolute atomic E-state index is 0.743. The van der Waals surface area contributed by atoms with Gasteiger partial charge in [0.15, 0.2) is 0 Å². The molecule has 1 heterocycles. The zero-order valence-electron chi connectivity index (χ0n) is 11.7. The standard InChI is InChI=1S/C15H30N2/c1-3-13-4-6-15(7-5-13)17-9-8-12(2)14(10-16)11-17/h12-15H,3-11,16H2,1-2H3. The number of piperidine rings is 1. The van der Waals surface area contributed by atoms with Gasteiger partial charge in [0.2, 0.25) is 0 Å². The first-order valence-corrected chi connectivity index (χ1v) is 7.68. The van der Waals surface area contributed by atoms with Crippen molar-refractivity contribution < 1.29 is 0 Å². The summed E-state index contributed by atoms with van der Waals surface area (Å²) in [4.78, 5) is 2.75. The molecule has 2 aliphatic rings. The van der Waals surface area contributed by atoms with E-state index in [4.69, 9.17) is 5.73 Å². The summed E-state index contributed by atoms with van der Waals surface area (Å²) in [6.07, 6.45) is 8.53. The van der Waals surface area contributed by atoms with Gasteiger partial charge in [-0.05, 0) is 62.9 Å². The first-order valence-electron chi connectivity index (χ1n) is 7.68. The number of hydrogen-bond acceptors (Lipinski definition) is 2. The van der Waals surface area contributed by atoms with E-state index in [0.717, 1.165) is 30.3 Å². The van der Waals surface area contributed by atoms with E-state index in [1.54, 1.807) is 0 Å². The van der Waals surface area contributed by atoms with Crippen molar-refractivity contribution in [1.82, 2.24) is 4.90 Å². The Labute approximate surface area is 107 Å². The van der Waals surface area contributed by atoms with Crippen molar-refractivity contribution in [2.24, 2.45) is 23.5 Å². The van der Waals surface area contributed by atoms with Crippen LogP contribution in [0.2, 0.25) is 0 Å². The van der Waals surface area contributed by atoms with E-state index in [-0.39, 0.29) is 0 Å². The molecule has 0 aromatic heterocycles. The fourth-order valence-corrected chi connectivity index (χ4v) is 3.73. The lowest BCUT2D eigenvalue weighted by Gasteiger charge is -2.43. The summed E-state index contributed by atoms with van der Waals surface area (Å²) in [6.45, 7) is 8.18. The first-order chi connectivity index (χ1) is 8.24. The van der Waals surface area contributed by atoms with Crippen molar-refractivity contribution in [3.63, 3.8) is 0 Å². The van der Waals surface area contributed by atoms with Crippen LogP contribution in [-0.4, -0.2) is 30.6 Å². The highest BCUT2D eigenvalue weighted by Crippen LogP contribution is 2.32. The summed E-state index contributed by atoms with van der Waals surface area (Å²) in [6, 6.07) is 0.874. The maximum atomic E-state index is 5.90. The van der Waals surface area contributed by atoms with Crippen molar-refractivity contribution >= 4 is 0 Å². The Morgan fingerprint density at radius 1 is 1.12 bits per heavy atom. The summed E-state index contributed by atoms with van der Waals surface area (Å²) in [5.41, 5.74) is 5.90. The smallest absolute Gasteiger partial charge is 0.00955 e. The van der Waals surface area contributed by atoms with E-state index in [1.807, 2.05) is 0 Å². The van der Waals surface area contributed by atoms with Gasteiger partial charge in [-0.15, -0.1) is 0 Å². The van der Waals surface area contributed by atoms with Crippen molar-refractivity contribution in [2.45, 2.75) is 58.4 Å². The molecule has 0 bridgehead atoms. The van der Waals surface area contributed by atoms with Crippen LogP contribution >= 0.6 is 0 Å². The Morgan fingerprint density at radius 3 is 2.41 bits per heavy atom. The number of likely N-dealkylation sites (tertiary alicyclic amines) is 1. The van der Waals surface area contributed by atoms with E-state index in [1.165, 1.54) is 51.6 Å². The maximum Gasteiger partial charge on any atom is 0.00955 e. The number of nitrogens with two attached hydrogens (primary N) is 1. The number of rotatable bonds is 3. The van der Waals surface area contributed by atoms with Crippen LogP contribution in [0.4, 0.5) is 0 Å². The topological polar surface area (TPSA) is 29.3 Å². The van der Waals surface area contributed by atoms with Crippen molar-refractivity contribution in [1.29, 1.82) is 0 Å². The highest BCUT2D eigenvalue weighted by molar-refractivity contribution is 4.85. The molecule has 2 N–H and O–H groups in total. The van der Waals surface area contributed by atoms with Gasteiger partial charge >= 0.3 is 0 Å². The molecule has 2 atom stereocenters. The third kappa shape index (κ3) is 3.23. The van der Waals surface area contributed by atoms with Crippen molar-refractivity contribution in [3.8, 4) is 0 Å². The van der Waals surface area contributed by atoms with Crippen LogP contribution in [0.25, 0.3) is 0 Å². The molecule has 0 radical (unpaired) electrons. The van der Waals surface area contributed by atoms with Crippen molar-refractivity contribution in [3.05, 3.63) is 0 Å². The third-order valence-electron chi connectivity index (χ3n) is 5.36. The van der Waals surface area contributed by atoms with Gasteiger partial charge in [0.1, 0.15) is 0 Å². The summed E-state index contributed by atoms with van der Waals surface area (Å²) >= 11 is 0. The van der Waals surface area contributed by atoms with Gasteiger partial charge in [0.05, 0.1) is 0 Å². The molecular formula is C15H30N2. The number of hydrogen-bond donors (Lipinski definition) is 1. The molecule has 2 fully saturated rings. The highest BCUT2D eigenvalue weighted by Gasteiger charge is 2.31. The molecule has 100 valence electrons. The van der Waals surface area contributed by atoms with Gasteiger partial charge in [0, 0.05) is 12.6 Å². The maximum absolute atomic E-state index is 5.90. The molecule has 2 unspecified atom stereocenters. The van der Waals surface area contributed by atoms with E-state index < -0.39 is 0 Å². The summed E-state index contributed by atoms with van der Waals surface area (Å²) < 4.78 is 0. The largest absolute Gasteiger partial charge is 0.330 e. The molecular weight excluding hydrogens is 208 g/mol. The second-order valence-corrected chi connectivity index (χ2v) is 6.34. The van der Waals surface area contributed by atoms with Crippen molar-refractivity contribution in [2.75, 3.05) is 19.6 Å². The second kappa shape index (κ2) is 6.19. The summed E-state index contributed by atoms with van der Waals surface area (Å²) in [7, 11) is 0. The number of nitrogens with zero attached hydrogens (tertiary/aromatic N) is 1. The Bertz CT molecular complexity index is 221. The molecule has 0 spiro atoms. The lowest BCUT2D eigenvalue weighted by atomic mass is 9.81. The van der Waals surface area contributed by atoms with Gasteiger partial charge in [-0.25, -0.2) is 0 Å². The molecule has 1 aliphatic heterocycles. The van der Waals surface area contributed by atoms with E-state index >= 15 is 0 Å². The van der Waals surface area contributed by atoms with Crippen LogP contribution in [-0.2, 0) is 0 Å². The normalized spacial score (nSPS) is 40.4. The van der Waals surface area contributed by atoms with Crippen LogP contribution in [0.15, 0.2) is 0 Å². The molecule has 2 heteroatoms. The van der Waals surface area contributed by atoms with Crippen LogP contribution in [0.3, 0.4) is 0 Å². The zero-order chi connectivity index (χ0) is 12.3. The molecule has 0 aromatic rings. The second-order valence-electron chi connectivity index (χ2n) is 6.34. The van der Waals surface area contributed by atoms with Gasteiger partial charge in [-0.2, -0.15) is 0 Å². The van der Waals surface area contributed by atoms with Gasteiger partial charge in [-0.1, -0.05) is 20.3 Å². The third-order valence-corrected chi connectivity index (χ3v) is 5.36. The zero-order valence-corrected chi connectivity index (χ0v) is 11.7. The lowest BCUT2D eigenvalue weighted by Crippen LogP contribution is -2.48. The van der Waals surface area contributed by atoms with E-state index in [2.05, 4.69) is 18.7 Å². The Morgan fingerprint density at radius 2 is 1.82 bits per heavy atom. The highest BCUT2D eigenvalue weighted by atomic mass is 15.2. The van der Waals surface area contributed by atoms with E-state index in [9.17, 15) is 0 Å². The molecule has 1 aliphatic carbocycles. The Kier molecular flexibility index (Phi) is 4.87. The Balaban J connectivity index is 1.83. The molecule has 2 rings (SSSR count). The molecule has 1 saturated carbocycles. The molecule has 1 saturated heterocycles. The van der Waals surface area contributed by atoms with Crippen LogP contribution in [0, 0.1) is 17.8 Å². The quantitative estimate of drug-likeness (QED) is 0.819. The summed E-state index contributed by atoms with van der Waals surface area (Å²) in [5, 5.41) is 0. The average molecular weight is 238 g/mol. The predicted molar refractivity (Wildman–Crippen MR) is 73.9 cm³/mol. The van der Waals surface area contributed by atoms with E-state index in [0.29, 0.717) is 0 Å². The molecule has 0 amide bonds. The van der Waals surface area contributed by atoms with Crippen LogP contribution in [0.1, 0.15) is 52.4 Å². The molecule has 0 aromatic carbocycles. The average Bonchev–Trinajstić information content (AvgIpc) is 2.39. The summed E-state index contributed by atoms with van der Waals surface area (Å²) in [5.74, 6) is 2.59. The minimum Gasteiger partial charge on any atom is -0.330 e. The predicted octanol–water partition coefficient (Wildman–Crippen LogP) is 2.87. The van der Waals surface area contributed by atoms with Gasteiger partial charge in [-0.3, -0.25) is 0 Å². The fraction of sp³-hybridized carbons (Fsp3) is 1.00. The molecule has 2 nitrogen and oxygen atoms in total. The van der Waals surface area contributed by atoms with Crippen LogP contribution in [0.5, 0.6) is 0 Å². The fourth-order valence-electron chi connectivity index (χ4n) is 3.73.